The molecule has 0 atom stereocenters. The van der Waals surface area contributed by atoms with Crippen LogP contribution < -0.4 is 16.0 Å². The van der Waals surface area contributed by atoms with E-state index >= 15 is 0 Å². The van der Waals surface area contributed by atoms with Gasteiger partial charge in [-0.25, -0.2) is 9.18 Å². The van der Waals surface area contributed by atoms with Crippen molar-refractivity contribution in [1.82, 2.24) is 16.0 Å². The van der Waals surface area contributed by atoms with Crippen LogP contribution in [0, 0.1) is 5.82 Å². The summed E-state index contributed by atoms with van der Waals surface area (Å²) in [5.41, 5.74) is 0.419. The number of amides is 3. The summed E-state index contributed by atoms with van der Waals surface area (Å²) in [6.07, 6.45) is 5.47. The van der Waals surface area contributed by atoms with Gasteiger partial charge in [0.05, 0.1) is 6.54 Å². The van der Waals surface area contributed by atoms with E-state index in [1.165, 1.54) is 12.5 Å². The maximum absolute atomic E-state index is 13.4. The highest BCUT2D eigenvalue weighted by Gasteiger charge is 2.15. The third kappa shape index (κ3) is 5.35. The van der Waals surface area contributed by atoms with Crippen molar-refractivity contribution < 1.29 is 14.0 Å². The van der Waals surface area contributed by atoms with Crippen LogP contribution in [0.25, 0.3) is 0 Å². The molecule has 3 amide bonds. The summed E-state index contributed by atoms with van der Waals surface area (Å²) in [5.74, 6) is -0.701. The van der Waals surface area contributed by atoms with Gasteiger partial charge < -0.3 is 16.0 Å². The second kappa shape index (κ2) is 8.36. The fourth-order valence-corrected chi connectivity index (χ4v) is 2.54. The molecular weight excluding hydrogens is 285 g/mol. The first-order valence-corrected chi connectivity index (χ1v) is 7.69. The summed E-state index contributed by atoms with van der Waals surface area (Å²) in [5, 5.41) is 7.97. The Morgan fingerprint density at radius 3 is 2.55 bits per heavy atom. The number of halogens is 1. The molecule has 1 fully saturated rings. The molecule has 0 aromatic heterocycles. The van der Waals surface area contributed by atoms with E-state index in [-0.39, 0.29) is 36.9 Å². The topological polar surface area (TPSA) is 70.2 Å². The van der Waals surface area contributed by atoms with Crippen LogP contribution in [0.5, 0.6) is 0 Å². The summed E-state index contributed by atoms with van der Waals surface area (Å²) in [4.78, 5) is 23.3. The van der Waals surface area contributed by atoms with E-state index in [4.69, 9.17) is 0 Å². The minimum absolute atomic E-state index is 0.109. The van der Waals surface area contributed by atoms with Crippen molar-refractivity contribution in [3.63, 3.8) is 0 Å². The van der Waals surface area contributed by atoms with Crippen LogP contribution in [-0.4, -0.2) is 24.5 Å². The highest BCUT2D eigenvalue weighted by atomic mass is 19.1. The van der Waals surface area contributed by atoms with E-state index in [9.17, 15) is 14.0 Å². The van der Waals surface area contributed by atoms with Gasteiger partial charge in [-0.15, -0.1) is 0 Å². The second-order valence-electron chi connectivity index (χ2n) is 5.53. The molecule has 3 N–H and O–H groups in total. The molecule has 1 aromatic rings. The van der Waals surface area contributed by atoms with E-state index in [0.29, 0.717) is 5.56 Å². The molecule has 6 heteroatoms. The van der Waals surface area contributed by atoms with Crippen LogP contribution in [0.15, 0.2) is 24.3 Å². The van der Waals surface area contributed by atoms with E-state index in [1.807, 2.05) is 0 Å². The smallest absolute Gasteiger partial charge is 0.315 e. The van der Waals surface area contributed by atoms with Gasteiger partial charge in [-0.05, 0) is 18.9 Å². The number of hydrogen-bond donors (Lipinski definition) is 3. The fraction of sp³-hybridized carbons (Fsp3) is 0.500. The Hall–Kier alpha value is -2.11. The van der Waals surface area contributed by atoms with Gasteiger partial charge in [0.15, 0.2) is 0 Å². The lowest BCUT2D eigenvalue weighted by molar-refractivity contribution is -0.120. The minimum atomic E-state index is -0.356. The normalized spacial score (nSPS) is 15.1. The van der Waals surface area contributed by atoms with Crippen LogP contribution in [-0.2, 0) is 11.3 Å². The maximum atomic E-state index is 13.4. The Morgan fingerprint density at radius 2 is 1.82 bits per heavy atom. The average molecular weight is 307 g/mol. The Labute approximate surface area is 129 Å². The SMILES string of the molecule is O=C(CNC(=O)NC1CCCCC1)NCc1ccccc1F. The molecule has 22 heavy (non-hydrogen) atoms. The van der Waals surface area contributed by atoms with Gasteiger partial charge in [0.2, 0.25) is 5.91 Å². The van der Waals surface area contributed by atoms with Crippen LogP contribution in [0.2, 0.25) is 0 Å². The van der Waals surface area contributed by atoms with Crippen molar-refractivity contribution in [2.75, 3.05) is 6.54 Å². The van der Waals surface area contributed by atoms with Crippen LogP contribution >= 0.6 is 0 Å². The lowest BCUT2D eigenvalue weighted by atomic mass is 9.96. The molecule has 0 spiro atoms. The van der Waals surface area contributed by atoms with E-state index in [2.05, 4.69) is 16.0 Å². The molecule has 0 unspecified atom stereocenters. The van der Waals surface area contributed by atoms with E-state index < -0.39 is 0 Å². The third-order valence-corrected chi connectivity index (χ3v) is 3.78. The number of benzene rings is 1. The number of urea groups is 1. The number of rotatable bonds is 5. The molecule has 1 saturated carbocycles. The third-order valence-electron chi connectivity index (χ3n) is 3.78. The lowest BCUT2D eigenvalue weighted by Crippen LogP contribution is -2.46. The Balaban J connectivity index is 1.64. The summed E-state index contributed by atoms with van der Waals surface area (Å²) < 4.78 is 13.4. The highest BCUT2D eigenvalue weighted by molar-refractivity contribution is 5.83. The average Bonchev–Trinajstić information content (AvgIpc) is 2.53. The molecule has 1 aliphatic carbocycles. The van der Waals surface area contributed by atoms with Crippen molar-refractivity contribution in [3.05, 3.63) is 35.6 Å². The summed E-state index contributed by atoms with van der Waals surface area (Å²) in [6.45, 7) is -0.00949. The largest absolute Gasteiger partial charge is 0.350 e. The van der Waals surface area contributed by atoms with Crippen molar-refractivity contribution in [3.8, 4) is 0 Å². The summed E-state index contributed by atoms with van der Waals surface area (Å²) in [7, 11) is 0. The van der Waals surface area contributed by atoms with E-state index in [0.717, 1.165) is 25.7 Å². The van der Waals surface area contributed by atoms with Gasteiger partial charge >= 0.3 is 6.03 Å². The molecule has 0 heterocycles. The Kier molecular flexibility index (Phi) is 6.18. The molecule has 2 rings (SSSR count). The van der Waals surface area contributed by atoms with Gasteiger partial charge in [-0.2, -0.15) is 0 Å². The van der Waals surface area contributed by atoms with Crippen molar-refractivity contribution in [2.45, 2.75) is 44.7 Å². The van der Waals surface area contributed by atoms with Gasteiger partial charge in [0, 0.05) is 18.2 Å². The zero-order valence-corrected chi connectivity index (χ0v) is 12.5. The maximum Gasteiger partial charge on any atom is 0.315 e. The predicted octanol–water partition coefficient (Wildman–Crippen LogP) is 2.07. The molecule has 0 aliphatic heterocycles. The van der Waals surface area contributed by atoms with Gasteiger partial charge in [-0.1, -0.05) is 37.5 Å². The molecule has 5 nitrogen and oxygen atoms in total. The van der Waals surface area contributed by atoms with Crippen LogP contribution in [0.3, 0.4) is 0 Å². The monoisotopic (exact) mass is 307 g/mol. The van der Waals surface area contributed by atoms with E-state index in [1.54, 1.807) is 18.2 Å². The van der Waals surface area contributed by atoms with Gasteiger partial charge in [-0.3, -0.25) is 4.79 Å². The first-order valence-electron chi connectivity index (χ1n) is 7.69. The lowest BCUT2D eigenvalue weighted by Gasteiger charge is -2.22. The molecular formula is C16H22FN3O2. The van der Waals surface area contributed by atoms with Gasteiger partial charge in [0.1, 0.15) is 5.82 Å². The Morgan fingerprint density at radius 1 is 1.09 bits per heavy atom. The van der Waals surface area contributed by atoms with Crippen LogP contribution in [0.1, 0.15) is 37.7 Å². The standard InChI is InChI=1S/C16H22FN3O2/c17-14-9-5-4-6-12(14)10-18-15(21)11-19-16(22)20-13-7-2-1-3-8-13/h4-6,9,13H,1-3,7-8,10-11H2,(H,18,21)(H2,19,20,22). The molecule has 0 bridgehead atoms. The zero-order chi connectivity index (χ0) is 15.8. The molecule has 0 saturated heterocycles. The summed E-state index contributed by atoms with van der Waals surface area (Å²) in [6, 6.07) is 6.14. The number of carbonyl (C=O) groups is 2. The number of hydrogen-bond acceptors (Lipinski definition) is 2. The number of nitrogens with one attached hydrogen (secondary N) is 3. The Bertz CT molecular complexity index is 516. The summed E-state index contributed by atoms with van der Waals surface area (Å²) >= 11 is 0. The molecule has 0 radical (unpaired) electrons. The van der Waals surface area contributed by atoms with Crippen molar-refractivity contribution in [2.24, 2.45) is 0 Å². The van der Waals surface area contributed by atoms with Crippen LogP contribution in [0.4, 0.5) is 9.18 Å². The zero-order valence-electron chi connectivity index (χ0n) is 12.5. The number of carbonyl (C=O) groups excluding carboxylic acids is 2. The molecule has 1 aromatic carbocycles. The molecule has 120 valence electrons. The highest BCUT2D eigenvalue weighted by Crippen LogP contribution is 2.17. The van der Waals surface area contributed by atoms with Crippen molar-refractivity contribution >= 4 is 11.9 Å². The quantitative estimate of drug-likeness (QED) is 0.779. The minimum Gasteiger partial charge on any atom is -0.350 e. The second-order valence-corrected chi connectivity index (χ2v) is 5.53. The van der Waals surface area contributed by atoms with Gasteiger partial charge in [0.25, 0.3) is 0 Å². The first-order chi connectivity index (χ1) is 10.6. The first kappa shape index (κ1) is 16.3. The predicted molar refractivity (Wildman–Crippen MR) is 81.7 cm³/mol. The molecule has 1 aliphatic rings. The fourth-order valence-electron chi connectivity index (χ4n) is 2.54. The van der Waals surface area contributed by atoms with Crippen molar-refractivity contribution in [1.29, 1.82) is 0 Å².